The van der Waals surface area contributed by atoms with Gasteiger partial charge in [0.2, 0.25) is 0 Å². The highest BCUT2D eigenvalue weighted by Gasteiger charge is 2.40. The van der Waals surface area contributed by atoms with Crippen LogP contribution in [0.3, 0.4) is 0 Å². The predicted molar refractivity (Wildman–Crippen MR) is 118 cm³/mol. The Morgan fingerprint density at radius 2 is 1.73 bits per heavy atom. The summed E-state index contributed by atoms with van der Waals surface area (Å²) in [6.45, 7) is 18.5. The average Bonchev–Trinajstić information content (AvgIpc) is 2.77. The molecular formula is C20H39O3SSi2. The van der Waals surface area contributed by atoms with E-state index in [4.69, 9.17) is 8.85 Å². The maximum Gasteiger partial charge on any atom is 0.273 e. The molecule has 1 radical (unpaired) electrons. The van der Waals surface area contributed by atoms with Gasteiger partial charge < -0.3 is 8.85 Å². The Morgan fingerprint density at radius 1 is 1.12 bits per heavy atom. The van der Waals surface area contributed by atoms with E-state index >= 15 is 0 Å². The number of thioether (sulfide) groups is 1. The summed E-state index contributed by atoms with van der Waals surface area (Å²) in [6, 6.07) is 0. The number of ketones is 1. The second-order valence-corrected chi connectivity index (χ2v) is 17.1. The number of unbranched alkanes of at least 4 members (excludes halogenated alkanes) is 3. The molecule has 1 atom stereocenters. The molecule has 0 aromatic rings. The van der Waals surface area contributed by atoms with E-state index in [-0.39, 0.29) is 17.1 Å². The lowest BCUT2D eigenvalue weighted by Crippen LogP contribution is -2.25. The highest BCUT2D eigenvalue weighted by molar-refractivity contribution is 8.04. The van der Waals surface area contributed by atoms with Gasteiger partial charge in [-0.15, -0.1) is 11.8 Å². The van der Waals surface area contributed by atoms with Gasteiger partial charge in [-0.1, -0.05) is 33.6 Å². The van der Waals surface area contributed by atoms with Gasteiger partial charge in [-0.25, -0.2) is 0 Å². The van der Waals surface area contributed by atoms with Crippen LogP contribution >= 0.6 is 11.8 Å². The lowest BCUT2D eigenvalue weighted by Gasteiger charge is -2.29. The molecule has 151 valence electrons. The Hall–Kier alpha value is -0.0462. The number of rotatable bonds is 11. The van der Waals surface area contributed by atoms with Gasteiger partial charge in [0, 0.05) is 18.9 Å². The van der Waals surface area contributed by atoms with E-state index in [0.29, 0.717) is 6.42 Å². The highest BCUT2D eigenvalue weighted by Crippen LogP contribution is 2.45. The molecule has 0 aromatic heterocycles. The Balaban J connectivity index is 2.46. The van der Waals surface area contributed by atoms with Crippen LogP contribution in [0.25, 0.3) is 0 Å². The molecule has 1 aliphatic carbocycles. The van der Waals surface area contributed by atoms with Crippen molar-refractivity contribution >= 4 is 34.9 Å². The van der Waals surface area contributed by atoms with Crippen molar-refractivity contribution in [3.05, 3.63) is 10.7 Å². The molecule has 0 bridgehead atoms. The fourth-order valence-electron chi connectivity index (χ4n) is 2.97. The van der Waals surface area contributed by atoms with Gasteiger partial charge in [0.05, 0.1) is 4.91 Å². The summed E-state index contributed by atoms with van der Waals surface area (Å²) in [4.78, 5) is 13.5. The molecule has 0 spiro atoms. The average molecular weight is 416 g/mol. The number of Topliss-reactive ketones (excluding diaryl/α,β-unsaturated/α-hetero) is 1. The minimum absolute atomic E-state index is 0.0704. The Morgan fingerprint density at radius 3 is 2.27 bits per heavy atom. The summed E-state index contributed by atoms with van der Waals surface area (Å²) in [5.41, 5.74) is 0.0704. The summed E-state index contributed by atoms with van der Waals surface area (Å²) in [5.74, 6) is 2.53. The zero-order valence-electron chi connectivity index (χ0n) is 18.2. The van der Waals surface area contributed by atoms with Crippen molar-refractivity contribution < 1.29 is 13.6 Å². The SMILES string of the molecule is C[Si](C)OC1=C(SCCCCCCO[Si](C)(C)C)C(=O)CC1C(C)(C)C. The lowest BCUT2D eigenvalue weighted by molar-refractivity contribution is -0.115. The molecule has 0 N–H and O–H groups in total. The van der Waals surface area contributed by atoms with E-state index in [2.05, 4.69) is 53.5 Å². The smallest absolute Gasteiger partial charge is 0.273 e. The van der Waals surface area contributed by atoms with E-state index in [9.17, 15) is 4.79 Å². The van der Waals surface area contributed by atoms with Crippen molar-refractivity contribution in [1.29, 1.82) is 0 Å². The fraction of sp³-hybridized carbons (Fsp3) is 0.850. The van der Waals surface area contributed by atoms with Crippen molar-refractivity contribution in [1.82, 2.24) is 0 Å². The van der Waals surface area contributed by atoms with Crippen LogP contribution in [-0.2, 0) is 13.6 Å². The van der Waals surface area contributed by atoms with Crippen molar-refractivity contribution in [2.45, 2.75) is 85.6 Å². The Bertz CT molecular complexity index is 490. The van der Waals surface area contributed by atoms with E-state index in [0.717, 1.165) is 35.9 Å². The van der Waals surface area contributed by atoms with Crippen molar-refractivity contribution in [2.75, 3.05) is 12.4 Å². The maximum atomic E-state index is 12.6. The number of hydrogen-bond acceptors (Lipinski definition) is 4. The first-order chi connectivity index (χ1) is 11.9. The molecule has 0 saturated carbocycles. The molecule has 0 saturated heterocycles. The maximum absolute atomic E-state index is 12.6. The Labute approximate surface area is 168 Å². The second kappa shape index (κ2) is 10.5. The summed E-state index contributed by atoms with van der Waals surface area (Å²) in [6.07, 6.45) is 5.33. The molecule has 0 amide bonds. The molecule has 0 aromatic carbocycles. The van der Waals surface area contributed by atoms with Gasteiger partial charge in [-0.3, -0.25) is 4.79 Å². The van der Waals surface area contributed by atoms with Gasteiger partial charge in [0.15, 0.2) is 14.1 Å². The molecule has 1 unspecified atom stereocenters. The topological polar surface area (TPSA) is 35.5 Å². The zero-order valence-corrected chi connectivity index (χ0v) is 21.0. The first-order valence-corrected chi connectivity index (χ1v) is 16.7. The van der Waals surface area contributed by atoms with Gasteiger partial charge in [0.1, 0.15) is 5.76 Å². The van der Waals surface area contributed by atoms with E-state index in [1.807, 2.05) is 0 Å². The number of allylic oxidation sites excluding steroid dienone is 2. The van der Waals surface area contributed by atoms with Gasteiger partial charge >= 0.3 is 0 Å². The third-order valence-corrected chi connectivity index (χ3v) is 7.27. The number of carbonyl (C=O) groups excluding carboxylic acids is 1. The van der Waals surface area contributed by atoms with Crippen LogP contribution in [0, 0.1) is 11.3 Å². The quantitative estimate of drug-likeness (QED) is 0.295. The summed E-state index contributed by atoms with van der Waals surface area (Å²) in [7, 11) is -2.22. The summed E-state index contributed by atoms with van der Waals surface area (Å²) in [5, 5.41) is 0. The molecule has 0 heterocycles. The van der Waals surface area contributed by atoms with Gasteiger partial charge in [0.25, 0.3) is 9.04 Å². The van der Waals surface area contributed by atoms with E-state index in [1.165, 1.54) is 12.8 Å². The summed E-state index contributed by atoms with van der Waals surface area (Å²) >= 11 is 1.73. The molecule has 0 fully saturated rings. The van der Waals surface area contributed by atoms with Crippen LogP contribution < -0.4 is 0 Å². The molecule has 26 heavy (non-hydrogen) atoms. The largest absolute Gasteiger partial charge is 0.544 e. The number of hydrogen-bond donors (Lipinski definition) is 0. The van der Waals surface area contributed by atoms with Crippen LogP contribution in [0.15, 0.2) is 10.7 Å². The monoisotopic (exact) mass is 415 g/mol. The number of carbonyl (C=O) groups is 1. The van der Waals surface area contributed by atoms with E-state index < -0.39 is 17.4 Å². The molecule has 6 heteroatoms. The van der Waals surface area contributed by atoms with Crippen LogP contribution in [0.4, 0.5) is 0 Å². The molecule has 1 rings (SSSR count). The predicted octanol–water partition coefficient (Wildman–Crippen LogP) is 6.25. The summed E-state index contributed by atoms with van der Waals surface area (Å²) < 4.78 is 12.1. The molecular weight excluding hydrogens is 376 g/mol. The van der Waals surface area contributed by atoms with Crippen LogP contribution in [0.2, 0.25) is 32.7 Å². The van der Waals surface area contributed by atoms with Gasteiger partial charge in [-0.2, -0.15) is 0 Å². The van der Waals surface area contributed by atoms with Crippen LogP contribution in [0.5, 0.6) is 0 Å². The lowest BCUT2D eigenvalue weighted by atomic mass is 9.79. The molecule has 3 nitrogen and oxygen atoms in total. The third-order valence-electron chi connectivity index (χ3n) is 4.36. The molecule has 1 aliphatic rings. The first-order valence-electron chi connectivity index (χ1n) is 9.94. The minimum atomic E-state index is -1.36. The fourth-order valence-corrected chi connectivity index (χ4v) is 5.60. The normalized spacial score (nSPS) is 19.0. The standard InChI is InChI=1S/C20H39O3SSi2/c1-20(2,3)16-15-17(21)19(18(16)23-25(4)5)24-14-12-10-9-11-13-22-26(6,7)8/h16H,9-15H2,1-8H3. The Kier molecular flexibility index (Phi) is 9.68. The van der Waals surface area contributed by atoms with E-state index in [1.54, 1.807) is 11.8 Å². The van der Waals surface area contributed by atoms with Crippen LogP contribution in [0.1, 0.15) is 52.9 Å². The van der Waals surface area contributed by atoms with Crippen LogP contribution in [-0.4, -0.2) is 35.5 Å². The molecule has 0 aliphatic heterocycles. The van der Waals surface area contributed by atoms with Crippen molar-refractivity contribution in [2.24, 2.45) is 11.3 Å². The van der Waals surface area contributed by atoms with Gasteiger partial charge in [-0.05, 0) is 56.7 Å². The minimum Gasteiger partial charge on any atom is -0.544 e. The first kappa shape index (κ1) is 24.0. The second-order valence-electron chi connectivity index (χ2n) is 9.47. The zero-order chi connectivity index (χ0) is 20.0. The van der Waals surface area contributed by atoms with Crippen molar-refractivity contribution in [3.63, 3.8) is 0 Å². The highest BCUT2D eigenvalue weighted by atomic mass is 32.2. The third kappa shape index (κ3) is 8.76. The van der Waals surface area contributed by atoms with Crippen molar-refractivity contribution in [3.8, 4) is 0 Å².